The molecule has 0 saturated heterocycles. The van der Waals surface area contributed by atoms with E-state index in [1.807, 2.05) is 31.3 Å². The summed E-state index contributed by atoms with van der Waals surface area (Å²) < 4.78 is 5.54. The van der Waals surface area contributed by atoms with Gasteiger partial charge in [-0.15, -0.1) is 0 Å². The molecule has 0 saturated carbocycles. The highest BCUT2D eigenvalue weighted by atomic mass is 16.5. The van der Waals surface area contributed by atoms with Gasteiger partial charge in [0, 0.05) is 18.2 Å². The molecule has 1 unspecified atom stereocenters. The molecule has 0 bridgehead atoms. The number of nitrogens with zero attached hydrogens (tertiary/aromatic N) is 1. The van der Waals surface area contributed by atoms with E-state index in [0.717, 1.165) is 17.7 Å². The Hall–Kier alpha value is -1.41. The zero-order valence-corrected chi connectivity index (χ0v) is 9.10. The number of fused-ring (bicyclic) bond motifs is 1. The fourth-order valence-electron chi connectivity index (χ4n) is 1.66. The standard InChI is InChI=1S/C13H15NO/c1-3-15-10(2)12-8-11-6-4-5-7-13(11)14-9-12/h4-10H,3H2,1-2H3. The SMILES string of the molecule is CCOC(C)c1cnc2ccccc2c1. The molecule has 0 amide bonds. The van der Waals surface area contributed by atoms with Crippen molar-refractivity contribution in [1.82, 2.24) is 4.98 Å². The average Bonchev–Trinajstić information content (AvgIpc) is 2.29. The molecule has 15 heavy (non-hydrogen) atoms. The zero-order chi connectivity index (χ0) is 10.7. The first-order chi connectivity index (χ1) is 7.31. The van der Waals surface area contributed by atoms with E-state index in [1.54, 1.807) is 0 Å². The molecule has 0 spiro atoms. The molecule has 1 aromatic heterocycles. The number of benzene rings is 1. The van der Waals surface area contributed by atoms with E-state index in [0.29, 0.717) is 0 Å². The van der Waals surface area contributed by atoms with Crippen LogP contribution < -0.4 is 0 Å². The largest absolute Gasteiger partial charge is 0.374 e. The first-order valence-electron chi connectivity index (χ1n) is 5.27. The molecule has 0 aliphatic carbocycles. The van der Waals surface area contributed by atoms with Crippen molar-refractivity contribution < 1.29 is 4.74 Å². The Balaban J connectivity index is 2.38. The van der Waals surface area contributed by atoms with Gasteiger partial charge in [-0.3, -0.25) is 4.98 Å². The van der Waals surface area contributed by atoms with Crippen molar-refractivity contribution in [3.63, 3.8) is 0 Å². The Bertz CT molecular complexity index is 453. The third kappa shape index (κ3) is 2.16. The Kier molecular flexibility index (Phi) is 2.97. The lowest BCUT2D eigenvalue weighted by molar-refractivity contribution is 0.0763. The van der Waals surface area contributed by atoms with Gasteiger partial charge in [0.05, 0.1) is 11.6 Å². The van der Waals surface area contributed by atoms with Crippen LogP contribution in [0.4, 0.5) is 0 Å². The second-order valence-electron chi connectivity index (χ2n) is 3.56. The predicted molar refractivity (Wildman–Crippen MR) is 61.8 cm³/mol. The third-order valence-corrected chi connectivity index (χ3v) is 2.50. The molecule has 0 N–H and O–H groups in total. The van der Waals surface area contributed by atoms with Crippen LogP contribution in [0.3, 0.4) is 0 Å². The minimum atomic E-state index is 0.118. The van der Waals surface area contributed by atoms with E-state index >= 15 is 0 Å². The van der Waals surface area contributed by atoms with Gasteiger partial charge >= 0.3 is 0 Å². The molecule has 1 atom stereocenters. The maximum absolute atomic E-state index is 5.54. The molecule has 2 aromatic rings. The summed E-state index contributed by atoms with van der Waals surface area (Å²) in [5.41, 5.74) is 2.17. The maximum Gasteiger partial charge on any atom is 0.0811 e. The van der Waals surface area contributed by atoms with Crippen LogP contribution in [0, 0.1) is 0 Å². The molecule has 1 aromatic carbocycles. The summed E-state index contributed by atoms with van der Waals surface area (Å²) in [7, 11) is 0. The quantitative estimate of drug-likeness (QED) is 0.759. The lowest BCUT2D eigenvalue weighted by Gasteiger charge is -2.11. The van der Waals surface area contributed by atoms with Crippen LogP contribution in [0.1, 0.15) is 25.5 Å². The van der Waals surface area contributed by atoms with Crippen LogP contribution in [0.25, 0.3) is 10.9 Å². The summed E-state index contributed by atoms with van der Waals surface area (Å²) in [6.07, 6.45) is 2.01. The van der Waals surface area contributed by atoms with Crippen LogP contribution in [0.5, 0.6) is 0 Å². The molecule has 78 valence electrons. The fraction of sp³-hybridized carbons (Fsp3) is 0.308. The number of ether oxygens (including phenoxy) is 1. The third-order valence-electron chi connectivity index (χ3n) is 2.50. The van der Waals surface area contributed by atoms with E-state index in [2.05, 4.69) is 24.0 Å². The maximum atomic E-state index is 5.54. The minimum absolute atomic E-state index is 0.118. The molecule has 2 nitrogen and oxygen atoms in total. The van der Waals surface area contributed by atoms with Gasteiger partial charge in [0.15, 0.2) is 0 Å². The number of pyridine rings is 1. The molecule has 0 aliphatic rings. The Morgan fingerprint density at radius 2 is 2.13 bits per heavy atom. The van der Waals surface area contributed by atoms with Crippen LogP contribution >= 0.6 is 0 Å². The summed E-state index contributed by atoms with van der Waals surface area (Å²) >= 11 is 0. The molecule has 0 fully saturated rings. The summed E-state index contributed by atoms with van der Waals surface area (Å²) in [6, 6.07) is 10.3. The Morgan fingerprint density at radius 3 is 2.93 bits per heavy atom. The molecule has 1 heterocycles. The summed E-state index contributed by atoms with van der Waals surface area (Å²) in [6.45, 7) is 4.79. The topological polar surface area (TPSA) is 22.1 Å². The van der Waals surface area contributed by atoms with Gasteiger partial charge in [0.2, 0.25) is 0 Å². The normalized spacial score (nSPS) is 12.9. The van der Waals surface area contributed by atoms with E-state index in [-0.39, 0.29) is 6.10 Å². The number of hydrogen-bond donors (Lipinski definition) is 0. The van der Waals surface area contributed by atoms with Crippen molar-refractivity contribution in [3.8, 4) is 0 Å². The van der Waals surface area contributed by atoms with Crippen LogP contribution in [0.2, 0.25) is 0 Å². The number of rotatable bonds is 3. The van der Waals surface area contributed by atoms with Crippen molar-refractivity contribution >= 4 is 10.9 Å². The highest BCUT2D eigenvalue weighted by Crippen LogP contribution is 2.20. The Morgan fingerprint density at radius 1 is 1.33 bits per heavy atom. The average molecular weight is 201 g/mol. The minimum Gasteiger partial charge on any atom is -0.374 e. The molecule has 2 heteroatoms. The van der Waals surface area contributed by atoms with E-state index < -0.39 is 0 Å². The van der Waals surface area contributed by atoms with E-state index in [9.17, 15) is 0 Å². The van der Waals surface area contributed by atoms with Crippen molar-refractivity contribution in [3.05, 3.63) is 42.1 Å². The van der Waals surface area contributed by atoms with Crippen LogP contribution in [-0.2, 0) is 4.74 Å². The second kappa shape index (κ2) is 4.41. The predicted octanol–water partition coefficient (Wildman–Crippen LogP) is 3.33. The van der Waals surface area contributed by atoms with Gasteiger partial charge in [0.1, 0.15) is 0 Å². The first kappa shape index (κ1) is 10.1. The van der Waals surface area contributed by atoms with Crippen molar-refractivity contribution in [2.45, 2.75) is 20.0 Å². The molecule has 0 aliphatic heterocycles. The summed E-state index contributed by atoms with van der Waals surface area (Å²) in [5.74, 6) is 0. The Labute approximate surface area is 89.9 Å². The molecular weight excluding hydrogens is 186 g/mol. The van der Waals surface area contributed by atoms with Gasteiger partial charge in [0.25, 0.3) is 0 Å². The first-order valence-corrected chi connectivity index (χ1v) is 5.27. The lowest BCUT2D eigenvalue weighted by Crippen LogP contribution is -1.99. The van der Waals surface area contributed by atoms with Gasteiger partial charge in [-0.05, 0) is 31.5 Å². The monoisotopic (exact) mass is 201 g/mol. The van der Waals surface area contributed by atoms with Gasteiger partial charge in [-0.25, -0.2) is 0 Å². The molecular formula is C13H15NO. The van der Waals surface area contributed by atoms with Crippen LogP contribution in [0.15, 0.2) is 36.5 Å². The van der Waals surface area contributed by atoms with Gasteiger partial charge in [-0.2, -0.15) is 0 Å². The molecule has 2 rings (SSSR count). The van der Waals surface area contributed by atoms with Crippen LogP contribution in [-0.4, -0.2) is 11.6 Å². The van der Waals surface area contributed by atoms with Crippen molar-refractivity contribution in [2.75, 3.05) is 6.61 Å². The second-order valence-corrected chi connectivity index (χ2v) is 3.56. The lowest BCUT2D eigenvalue weighted by atomic mass is 10.1. The number of para-hydroxylation sites is 1. The van der Waals surface area contributed by atoms with Crippen molar-refractivity contribution in [2.24, 2.45) is 0 Å². The zero-order valence-electron chi connectivity index (χ0n) is 9.10. The summed E-state index contributed by atoms with van der Waals surface area (Å²) in [4.78, 5) is 4.40. The highest BCUT2D eigenvalue weighted by Gasteiger charge is 2.05. The van der Waals surface area contributed by atoms with Gasteiger partial charge < -0.3 is 4.74 Å². The highest BCUT2D eigenvalue weighted by molar-refractivity contribution is 5.78. The summed E-state index contributed by atoms with van der Waals surface area (Å²) in [5, 5.41) is 1.17. The fourth-order valence-corrected chi connectivity index (χ4v) is 1.66. The van der Waals surface area contributed by atoms with Crippen molar-refractivity contribution in [1.29, 1.82) is 0 Å². The number of hydrogen-bond acceptors (Lipinski definition) is 2. The number of aromatic nitrogens is 1. The van der Waals surface area contributed by atoms with Gasteiger partial charge in [-0.1, -0.05) is 18.2 Å². The van der Waals surface area contributed by atoms with E-state index in [4.69, 9.17) is 4.74 Å². The molecule has 0 radical (unpaired) electrons. The van der Waals surface area contributed by atoms with E-state index in [1.165, 1.54) is 5.39 Å². The smallest absolute Gasteiger partial charge is 0.0811 e.